The minimum absolute atomic E-state index is 0.287. The average molecular weight is 481 g/mol. The van der Waals surface area contributed by atoms with Crippen LogP contribution in [0.4, 0.5) is 15.8 Å². The molecule has 0 bridgehead atoms. The zero-order valence-electron chi connectivity index (χ0n) is 18.9. The predicted octanol–water partition coefficient (Wildman–Crippen LogP) is 4.76. The van der Waals surface area contributed by atoms with Crippen molar-refractivity contribution in [3.63, 3.8) is 0 Å². The number of benzene rings is 3. The maximum absolute atomic E-state index is 13.4. The van der Waals surface area contributed by atoms with Crippen molar-refractivity contribution >= 4 is 38.4 Å². The Morgan fingerprint density at radius 1 is 0.912 bits per heavy atom. The Kier molecular flexibility index (Phi) is 6.16. The molecule has 1 aromatic heterocycles. The van der Waals surface area contributed by atoms with Crippen LogP contribution in [0.3, 0.4) is 0 Å². The predicted molar refractivity (Wildman–Crippen MR) is 133 cm³/mol. The minimum atomic E-state index is -3.64. The number of aromatic nitrogens is 1. The number of aromatic amines is 1. The van der Waals surface area contributed by atoms with Gasteiger partial charge in [-0.25, -0.2) is 9.11 Å². The number of carbonyl (C=O) groups excluding carboxylic acids is 1. The van der Waals surface area contributed by atoms with Crippen molar-refractivity contribution in [3.05, 3.63) is 95.4 Å². The summed E-state index contributed by atoms with van der Waals surface area (Å²) < 4.78 is 41.4. The molecule has 3 aromatic carbocycles. The van der Waals surface area contributed by atoms with Crippen molar-refractivity contribution in [1.29, 1.82) is 0 Å². The van der Waals surface area contributed by atoms with E-state index < -0.39 is 15.6 Å². The highest BCUT2D eigenvalue weighted by atomic mass is 32.2. The number of halogens is 1. The smallest absolute Gasteiger partial charge is 0.298 e. The summed E-state index contributed by atoms with van der Waals surface area (Å²) in [5.74, 6) is -0.615. The third kappa shape index (κ3) is 4.95. The van der Waals surface area contributed by atoms with Gasteiger partial charge in [-0.1, -0.05) is 44.2 Å². The molecule has 0 atom stereocenters. The molecule has 0 fully saturated rings. The molecule has 0 aliphatic rings. The largest absolute Gasteiger partial charge is 0.350 e. The second-order valence-electron chi connectivity index (χ2n) is 8.46. The quantitative estimate of drug-likeness (QED) is 0.307. The van der Waals surface area contributed by atoms with Gasteiger partial charge in [-0.2, -0.15) is 8.42 Å². The van der Waals surface area contributed by atoms with E-state index in [-0.39, 0.29) is 11.7 Å². The highest BCUT2D eigenvalue weighted by molar-refractivity contribution is 7.90. The lowest BCUT2D eigenvalue weighted by molar-refractivity contribution is 0.102. The molecule has 1 heterocycles. The summed E-state index contributed by atoms with van der Waals surface area (Å²) in [5, 5.41) is 3.67. The highest BCUT2D eigenvalue weighted by Crippen LogP contribution is 2.33. The van der Waals surface area contributed by atoms with Crippen molar-refractivity contribution in [1.82, 2.24) is 9.71 Å². The number of nitrogens with one attached hydrogen (secondary N) is 4. The van der Waals surface area contributed by atoms with Gasteiger partial charge in [0.05, 0.1) is 5.69 Å². The van der Waals surface area contributed by atoms with E-state index in [0.717, 1.165) is 16.5 Å². The number of fused-ring (bicyclic) bond motifs is 1. The van der Waals surface area contributed by atoms with E-state index in [1.165, 1.54) is 19.2 Å². The Morgan fingerprint density at radius 3 is 2.35 bits per heavy atom. The Hall–Kier alpha value is -3.69. The van der Waals surface area contributed by atoms with Crippen LogP contribution in [0.1, 0.15) is 35.5 Å². The van der Waals surface area contributed by atoms with E-state index in [0.29, 0.717) is 22.6 Å². The lowest BCUT2D eigenvalue weighted by Crippen LogP contribution is -2.26. The molecule has 1 amide bonds. The topological polar surface area (TPSA) is 103 Å². The van der Waals surface area contributed by atoms with Crippen LogP contribution in [0.15, 0.2) is 72.8 Å². The van der Waals surface area contributed by atoms with Gasteiger partial charge in [0.1, 0.15) is 11.5 Å². The summed E-state index contributed by atoms with van der Waals surface area (Å²) in [7, 11) is -2.33. The van der Waals surface area contributed by atoms with Crippen LogP contribution in [-0.4, -0.2) is 26.4 Å². The van der Waals surface area contributed by atoms with Gasteiger partial charge in [0, 0.05) is 29.1 Å². The zero-order valence-corrected chi connectivity index (χ0v) is 19.8. The molecule has 176 valence electrons. The van der Waals surface area contributed by atoms with Crippen LogP contribution >= 0.6 is 0 Å². The van der Waals surface area contributed by atoms with Crippen LogP contribution in [0.25, 0.3) is 10.9 Å². The van der Waals surface area contributed by atoms with Gasteiger partial charge in [-0.15, -0.1) is 0 Å². The van der Waals surface area contributed by atoms with E-state index in [4.69, 9.17) is 0 Å². The second-order valence-corrected chi connectivity index (χ2v) is 10.1. The minimum Gasteiger partial charge on any atom is -0.350 e. The summed E-state index contributed by atoms with van der Waals surface area (Å²) in [4.78, 5) is 15.9. The second kappa shape index (κ2) is 8.92. The van der Waals surface area contributed by atoms with Gasteiger partial charge >= 0.3 is 0 Å². The van der Waals surface area contributed by atoms with E-state index in [2.05, 4.69) is 19.7 Å². The molecule has 0 aliphatic carbocycles. The molecule has 0 saturated carbocycles. The molecule has 4 aromatic rings. The number of amides is 1. The monoisotopic (exact) mass is 480 g/mol. The molecular formula is C25H25FN4O3S. The number of anilines is 2. The summed E-state index contributed by atoms with van der Waals surface area (Å²) in [5.41, 5.74) is 3.48. The van der Waals surface area contributed by atoms with Gasteiger partial charge in [0.25, 0.3) is 16.1 Å². The zero-order chi connectivity index (χ0) is 24.5. The Morgan fingerprint density at radius 2 is 1.65 bits per heavy atom. The molecular weight excluding hydrogens is 455 g/mol. The summed E-state index contributed by atoms with van der Waals surface area (Å²) in [6.45, 7) is 4.08. The molecule has 4 N–H and O–H groups in total. The summed E-state index contributed by atoms with van der Waals surface area (Å²) in [6, 6.07) is 20.6. The van der Waals surface area contributed by atoms with Crippen molar-refractivity contribution in [3.8, 4) is 0 Å². The van der Waals surface area contributed by atoms with Crippen molar-refractivity contribution in [2.45, 2.75) is 19.3 Å². The van der Waals surface area contributed by atoms with E-state index in [1.54, 1.807) is 42.5 Å². The van der Waals surface area contributed by atoms with Crippen LogP contribution in [0.5, 0.6) is 0 Å². The number of hydrogen-bond donors (Lipinski definition) is 4. The summed E-state index contributed by atoms with van der Waals surface area (Å²) in [6.07, 6.45) is 0. The maximum atomic E-state index is 13.4. The van der Waals surface area contributed by atoms with Gasteiger partial charge in [0.15, 0.2) is 0 Å². The van der Waals surface area contributed by atoms with Crippen molar-refractivity contribution in [2.24, 2.45) is 0 Å². The first kappa shape index (κ1) is 23.5. The van der Waals surface area contributed by atoms with E-state index in [1.807, 2.05) is 32.0 Å². The number of carbonyl (C=O) groups is 1. The molecule has 0 radical (unpaired) electrons. The number of H-pyrrole nitrogens is 1. The van der Waals surface area contributed by atoms with E-state index in [9.17, 15) is 17.6 Å². The Bertz CT molecular complexity index is 1460. The molecule has 34 heavy (non-hydrogen) atoms. The molecule has 7 nitrogen and oxygen atoms in total. The van der Waals surface area contributed by atoms with Gasteiger partial charge in [-0.05, 0) is 53.6 Å². The highest BCUT2D eigenvalue weighted by Gasteiger charge is 2.23. The van der Waals surface area contributed by atoms with Crippen LogP contribution in [0.2, 0.25) is 0 Å². The molecule has 0 unspecified atom stereocenters. The van der Waals surface area contributed by atoms with Crippen molar-refractivity contribution < 1.29 is 17.6 Å². The first-order valence-electron chi connectivity index (χ1n) is 10.6. The summed E-state index contributed by atoms with van der Waals surface area (Å²) >= 11 is 0. The van der Waals surface area contributed by atoms with Crippen LogP contribution < -0.4 is 14.8 Å². The Balaban J connectivity index is 1.55. The lowest BCUT2D eigenvalue weighted by Gasteiger charge is -2.26. The van der Waals surface area contributed by atoms with Crippen LogP contribution in [0, 0.1) is 5.82 Å². The van der Waals surface area contributed by atoms with E-state index >= 15 is 0 Å². The molecule has 0 spiro atoms. The standard InChI is InChI=1S/C25H25FN4O3S/c1-25(2,17-8-10-19(26)11-9-17)18-5-4-6-20(14-18)28-24(31)23-13-16-7-12-21(15-22(16)29-23)30-34(32,33)27-3/h4-15,27,29-30H,1-3H3,(H,28,31). The van der Waals surface area contributed by atoms with Gasteiger partial charge in [0.2, 0.25) is 0 Å². The maximum Gasteiger partial charge on any atom is 0.298 e. The fourth-order valence-electron chi connectivity index (χ4n) is 3.74. The fraction of sp³-hybridized carbons (Fsp3) is 0.160. The average Bonchev–Trinajstić information content (AvgIpc) is 3.23. The first-order valence-corrected chi connectivity index (χ1v) is 12.1. The third-order valence-electron chi connectivity index (χ3n) is 5.80. The number of rotatable bonds is 7. The lowest BCUT2D eigenvalue weighted by atomic mass is 9.78. The molecule has 0 saturated heterocycles. The van der Waals surface area contributed by atoms with Crippen LogP contribution in [-0.2, 0) is 15.6 Å². The molecule has 9 heteroatoms. The number of hydrogen-bond acceptors (Lipinski definition) is 3. The SMILES string of the molecule is CNS(=O)(=O)Nc1ccc2cc(C(=O)Nc3cccc(C(C)(C)c4ccc(F)cc4)c3)[nH]c2c1. The fourth-order valence-corrected chi connectivity index (χ4v) is 4.28. The molecule has 4 rings (SSSR count). The molecule has 0 aliphatic heterocycles. The van der Waals surface area contributed by atoms with Gasteiger partial charge in [-0.3, -0.25) is 9.52 Å². The van der Waals surface area contributed by atoms with Crippen molar-refractivity contribution in [2.75, 3.05) is 17.1 Å². The normalized spacial score (nSPS) is 12.0. The van der Waals surface area contributed by atoms with Gasteiger partial charge < -0.3 is 10.3 Å². The Labute approximate surface area is 197 Å². The first-order chi connectivity index (χ1) is 16.1. The third-order valence-corrected chi connectivity index (χ3v) is 6.84.